The first-order chi connectivity index (χ1) is 20.4. The Morgan fingerprint density at radius 2 is 1.05 bits per heavy atom. The Balaban J connectivity index is 1.92. The monoisotopic (exact) mass is 608 g/mol. The molecular weight excluding hydrogens is 568 g/mol. The van der Waals surface area contributed by atoms with Gasteiger partial charge in [0.25, 0.3) is 0 Å². The minimum absolute atomic E-state index is 0.0366. The van der Waals surface area contributed by atoms with Crippen molar-refractivity contribution in [1.29, 1.82) is 0 Å². The fourth-order valence-corrected chi connectivity index (χ4v) is 4.31. The topological polar surface area (TPSA) is 224 Å². The summed E-state index contributed by atoms with van der Waals surface area (Å²) in [7, 11) is 0. The molecule has 16 heteroatoms. The van der Waals surface area contributed by atoms with Crippen LogP contribution in [0, 0.1) is 0 Å². The summed E-state index contributed by atoms with van der Waals surface area (Å²) in [5.74, 6) is -4.45. The van der Waals surface area contributed by atoms with E-state index in [0.29, 0.717) is 31.7 Å². The summed E-state index contributed by atoms with van der Waals surface area (Å²) in [6.45, 7) is 1.80. The van der Waals surface area contributed by atoms with Crippen LogP contribution in [-0.2, 0) is 24.0 Å². The van der Waals surface area contributed by atoms with Crippen LogP contribution in [-0.4, -0.2) is 166 Å². The Morgan fingerprint density at radius 1 is 0.628 bits per heavy atom. The van der Waals surface area contributed by atoms with Crippen LogP contribution in [0.5, 0.6) is 11.5 Å². The van der Waals surface area contributed by atoms with Gasteiger partial charge < -0.3 is 36.2 Å². The lowest BCUT2D eigenvalue weighted by molar-refractivity contribution is -0.140. The molecule has 43 heavy (non-hydrogen) atoms. The van der Waals surface area contributed by atoms with Gasteiger partial charge in [-0.15, -0.1) is 0 Å². The molecule has 2 rings (SSSR count). The molecule has 1 aliphatic heterocycles. The van der Waals surface area contributed by atoms with Crippen molar-refractivity contribution in [3.05, 3.63) is 29.8 Å². The number of carbonyl (C=O) groups excluding carboxylic acids is 2. The maximum atomic E-state index is 12.7. The number of carboxylic acids is 3. The largest absolute Gasteiger partial charge is 0.504 e. The number of carboxylic acid groups (broad SMARTS) is 3. The van der Waals surface area contributed by atoms with Gasteiger partial charge in [0.2, 0.25) is 11.8 Å². The molecular formula is C27H40N6O10. The van der Waals surface area contributed by atoms with Gasteiger partial charge >= 0.3 is 17.9 Å². The second kappa shape index (κ2) is 18.3. The number of hydrogen-bond acceptors (Lipinski definition) is 11. The SMILES string of the molecule is O=C(O)CN1CCN(CC(=O)O)CCN(CC(=O)NCCNC(=O)/C=C/c2ccc(O)c(O)c2)CCN(CC(=O)O)CC1. The summed E-state index contributed by atoms with van der Waals surface area (Å²) >= 11 is 0. The molecule has 7 N–H and O–H groups in total. The van der Waals surface area contributed by atoms with Crippen molar-refractivity contribution in [3.8, 4) is 11.5 Å². The van der Waals surface area contributed by atoms with Gasteiger partial charge in [0.1, 0.15) is 0 Å². The Morgan fingerprint density at radius 3 is 1.47 bits per heavy atom. The number of aliphatic carboxylic acids is 3. The molecule has 2 amide bonds. The average molecular weight is 609 g/mol. The molecule has 0 saturated carbocycles. The minimum atomic E-state index is -1.04. The molecule has 0 radical (unpaired) electrons. The normalized spacial score (nSPS) is 16.7. The lowest BCUT2D eigenvalue weighted by Crippen LogP contribution is -2.50. The molecule has 1 aromatic carbocycles. The van der Waals surface area contributed by atoms with Crippen molar-refractivity contribution in [1.82, 2.24) is 30.2 Å². The quantitative estimate of drug-likeness (QED) is 0.0719. The van der Waals surface area contributed by atoms with Gasteiger partial charge in [-0.05, 0) is 23.8 Å². The molecule has 1 heterocycles. The van der Waals surface area contributed by atoms with Crippen LogP contribution in [0.3, 0.4) is 0 Å². The third-order valence-corrected chi connectivity index (χ3v) is 6.55. The summed E-state index contributed by atoms with van der Waals surface area (Å²) in [5, 5.41) is 52.1. The van der Waals surface area contributed by atoms with Gasteiger partial charge in [0.05, 0.1) is 26.2 Å². The second-order valence-electron chi connectivity index (χ2n) is 10.0. The molecule has 0 unspecified atom stereocenters. The summed E-state index contributed by atoms with van der Waals surface area (Å²) in [4.78, 5) is 65.6. The fourth-order valence-electron chi connectivity index (χ4n) is 4.31. The van der Waals surface area contributed by atoms with Crippen LogP contribution in [0.2, 0.25) is 0 Å². The fraction of sp³-hybridized carbons (Fsp3) is 0.519. The Bertz CT molecular complexity index is 1120. The van der Waals surface area contributed by atoms with Crippen LogP contribution in [0.25, 0.3) is 6.08 Å². The molecule has 1 aromatic rings. The van der Waals surface area contributed by atoms with E-state index in [1.165, 1.54) is 30.4 Å². The van der Waals surface area contributed by atoms with Crippen molar-refractivity contribution < 1.29 is 49.5 Å². The summed E-state index contributed by atoms with van der Waals surface area (Å²) < 4.78 is 0. The lowest BCUT2D eigenvalue weighted by atomic mass is 10.2. The first-order valence-electron chi connectivity index (χ1n) is 13.7. The number of hydrogen-bond donors (Lipinski definition) is 7. The number of nitrogens with one attached hydrogen (secondary N) is 2. The number of carbonyl (C=O) groups is 5. The van der Waals surface area contributed by atoms with Gasteiger partial charge in [0, 0.05) is 71.5 Å². The van der Waals surface area contributed by atoms with Crippen LogP contribution < -0.4 is 10.6 Å². The Kier molecular flexibility index (Phi) is 14.9. The lowest BCUT2D eigenvalue weighted by Gasteiger charge is -2.32. The predicted octanol–water partition coefficient (Wildman–Crippen LogP) is -2.18. The zero-order chi connectivity index (χ0) is 31.8. The van der Waals surface area contributed by atoms with Crippen molar-refractivity contribution in [2.45, 2.75) is 0 Å². The van der Waals surface area contributed by atoms with E-state index in [1.54, 1.807) is 19.6 Å². The number of nitrogens with zero attached hydrogens (tertiary/aromatic N) is 4. The Hall–Kier alpha value is -4.25. The molecule has 0 aliphatic carbocycles. The van der Waals surface area contributed by atoms with E-state index in [1.807, 2.05) is 0 Å². The highest BCUT2D eigenvalue weighted by atomic mass is 16.4. The highest BCUT2D eigenvalue weighted by Gasteiger charge is 2.21. The number of phenols is 2. The van der Waals surface area contributed by atoms with E-state index in [-0.39, 0.29) is 82.9 Å². The summed E-state index contributed by atoms with van der Waals surface area (Å²) in [6, 6.07) is 4.11. The third kappa shape index (κ3) is 15.0. The standard InChI is InChI=1S/C27H40N6O10/c34-21-3-1-20(15-22(21)35)2-4-23(36)28-5-6-29-24(37)16-30-7-9-31(17-25(38)39)11-13-33(19-27(42)43)14-12-32(10-8-30)18-26(40)41/h1-4,15,34-35H,5-14,16-19H2,(H,28,36)(H,29,37)(H,38,39)(H,40,41)(H,42,43)/b4-2+. The van der Waals surface area contributed by atoms with Gasteiger partial charge in [-0.25, -0.2) is 0 Å². The number of rotatable bonds is 13. The van der Waals surface area contributed by atoms with E-state index >= 15 is 0 Å². The molecule has 0 spiro atoms. The first-order valence-corrected chi connectivity index (χ1v) is 13.7. The van der Waals surface area contributed by atoms with Crippen molar-refractivity contribution in [2.75, 3.05) is 91.6 Å². The second-order valence-corrected chi connectivity index (χ2v) is 10.0. The molecule has 1 fully saturated rings. The summed E-state index contributed by atoms with van der Waals surface area (Å²) in [5.41, 5.74) is 0.506. The smallest absolute Gasteiger partial charge is 0.317 e. The highest BCUT2D eigenvalue weighted by Crippen LogP contribution is 2.25. The van der Waals surface area contributed by atoms with Crippen LogP contribution in [0.15, 0.2) is 24.3 Å². The molecule has 0 atom stereocenters. The van der Waals surface area contributed by atoms with Gasteiger partial charge in [-0.2, -0.15) is 0 Å². The first kappa shape index (κ1) is 34.9. The minimum Gasteiger partial charge on any atom is -0.504 e. The predicted molar refractivity (Wildman–Crippen MR) is 153 cm³/mol. The molecule has 1 aliphatic rings. The summed E-state index contributed by atoms with van der Waals surface area (Å²) in [6.07, 6.45) is 2.70. The van der Waals surface area contributed by atoms with Crippen molar-refractivity contribution in [2.24, 2.45) is 0 Å². The molecule has 238 valence electrons. The van der Waals surface area contributed by atoms with Crippen LogP contribution in [0.1, 0.15) is 5.56 Å². The number of aromatic hydroxyl groups is 2. The number of amides is 2. The molecule has 16 nitrogen and oxygen atoms in total. The van der Waals surface area contributed by atoms with E-state index in [4.69, 9.17) is 0 Å². The van der Waals surface area contributed by atoms with Gasteiger partial charge in [-0.3, -0.25) is 43.6 Å². The van der Waals surface area contributed by atoms with E-state index in [0.717, 1.165) is 0 Å². The average Bonchev–Trinajstić information content (AvgIpc) is 2.92. The molecule has 1 saturated heterocycles. The van der Waals surface area contributed by atoms with E-state index in [2.05, 4.69) is 10.6 Å². The highest BCUT2D eigenvalue weighted by molar-refractivity contribution is 5.91. The van der Waals surface area contributed by atoms with Crippen molar-refractivity contribution in [3.63, 3.8) is 0 Å². The molecule has 0 bridgehead atoms. The van der Waals surface area contributed by atoms with Gasteiger partial charge in [-0.1, -0.05) is 6.07 Å². The van der Waals surface area contributed by atoms with Crippen LogP contribution in [0.4, 0.5) is 0 Å². The van der Waals surface area contributed by atoms with Gasteiger partial charge in [0.15, 0.2) is 11.5 Å². The zero-order valence-corrected chi connectivity index (χ0v) is 23.9. The van der Waals surface area contributed by atoms with E-state index < -0.39 is 23.8 Å². The maximum Gasteiger partial charge on any atom is 0.317 e. The molecule has 0 aromatic heterocycles. The van der Waals surface area contributed by atoms with Crippen LogP contribution >= 0.6 is 0 Å². The number of phenolic OH excluding ortho intramolecular Hbond substituents is 2. The zero-order valence-electron chi connectivity index (χ0n) is 23.9. The number of benzene rings is 1. The van der Waals surface area contributed by atoms with E-state index in [9.17, 15) is 49.5 Å². The van der Waals surface area contributed by atoms with Crippen molar-refractivity contribution >= 4 is 35.8 Å². The maximum absolute atomic E-state index is 12.7. The Labute approximate surface area is 248 Å². The third-order valence-electron chi connectivity index (χ3n) is 6.55.